The summed E-state index contributed by atoms with van der Waals surface area (Å²) in [6, 6.07) is 5.14. The number of aromatic nitrogens is 1. The predicted octanol–water partition coefficient (Wildman–Crippen LogP) is 3.95. The van der Waals surface area contributed by atoms with Crippen molar-refractivity contribution in [2.45, 2.75) is 37.4 Å². The summed E-state index contributed by atoms with van der Waals surface area (Å²) in [6.07, 6.45) is -0.443. The lowest BCUT2D eigenvalue weighted by atomic mass is 9.77. The molecule has 29 heavy (non-hydrogen) atoms. The van der Waals surface area contributed by atoms with Gasteiger partial charge in [0.2, 0.25) is 0 Å². The molecule has 0 saturated heterocycles. The van der Waals surface area contributed by atoms with Crippen LogP contribution in [-0.4, -0.2) is 28.3 Å². The third kappa shape index (κ3) is 3.66. The zero-order valence-electron chi connectivity index (χ0n) is 15.4. The van der Waals surface area contributed by atoms with Gasteiger partial charge in [-0.25, -0.2) is 26.9 Å². The van der Waals surface area contributed by atoms with Crippen molar-refractivity contribution in [2.24, 2.45) is 10.7 Å². The zero-order valence-corrected chi connectivity index (χ0v) is 15.4. The van der Waals surface area contributed by atoms with Gasteiger partial charge in [0.15, 0.2) is 11.2 Å². The molecule has 0 bridgehead atoms. The Morgan fingerprint density at radius 2 is 1.83 bits per heavy atom. The van der Waals surface area contributed by atoms with Crippen LogP contribution in [0, 0.1) is 11.6 Å². The van der Waals surface area contributed by atoms with Crippen molar-refractivity contribution < 1.29 is 26.7 Å². The molecule has 10 heteroatoms. The fraction of sp³-hybridized carbons (Fsp3) is 0.316. The van der Waals surface area contributed by atoms with E-state index in [1.165, 1.54) is 0 Å². The number of pyridine rings is 1. The van der Waals surface area contributed by atoms with Crippen LogP contribution in [0.15, 0.2) is 41.5 Å². The van der Waals surface area contributed by atoms with Crippen molar-refractivity contribution >= 4 is 17.4 Å². The maximum absolute atomic E-state index is 14.8. The number of amidine groups is 1. The van der Waals surface area contributed by atoms with E-state index in [9.17, 15) is 26.7 Å². The largest absolute Gasteiger partial charge is 0.385 e. The molecule has 1 aromatic carbocycles. The Balaban J connectivity index is 2.00. The van der Waals surface area contributed by atoms with Gasteiger partial charge in [0.1, 0.15) is 23.2 Å². The lowest BCUT2D eigenvalue weighted by molar-refractivity contribution is -0.106. The molecule has 1 aromatic heterocycles. The first-order chi connectivity index (χ1) is 13.4. The molecular weight excluding hydrogens is 395 g/mol. The zero-order chi connectivity index (χ0) is 21.6. The lowest BCUT2D eigenvalue weighted by Gasteiger charge is -2.42. The predicted molar refractivity (Wildman–Crippen MR) is 96.6 cm³/mol. The summed E-state index contributed by atoms with van der Waals surface area (Å²) in [6.45, 7) is 1.82. The molecule has 1 aliphatic rings. The van der Waals surface area contributed by atoms with Crippen molar-refractivity contribution in [3.05, 3.63) is 59.4 Å². The summed E-state index contributed by atoms with van der Waals surface area (Å²) in [7, 11) is 0. The van der Waals surface area contributed by atoms with Crippen LogP contribution < -0.4 is 11.1 Å². The highest BCUT2D eigenvalue weighted by Crippen LogP contribution is 2.50. The minimum atomic E-state index is -3.76. The minimum absolute atomic E-state index is 0.0306. The van der Waals surface area contributed by atoms with Crippen LogP contribution in [0.3, 0.4) is 0 Å². The number of alkyl halides is 3. The van der Waals surface area contributed by atoms with Gasteiger partial charge in [-0.05, 0) is 44.2 Å². The maximum atomic E-state index is 14.8. The second kappa shape index (κ2) is 6.78. The Hall–Kier alpha value is -3.04. The van der Waals surface area contributed by atoms with Crippen LogP contribution in [0.25, 0.3) is 0 Å². The Bertz CT molecular complexity index is 991. The third-order valence-corrected chi connectivity index (χ3v) is 4.85. The Morgan fingerprint density at radius 1 is 1.14 bits per heavy atom. The molecule has 5 nitrogen and oxygen atoms in total. The number of nitrogens with zero attached hydrogens (tertiary/aromatic N) is 2. The average molecular weight is 412 g/mol. The molecule has 0 unspecified atom stereocenters. The van der Waals surface area contributed by atoms with Gasteiger partial charge in [-0.15, -0.1) is 0 Å². The van der Waals surface area contributed by atoms with Crippen molar-refractivity contribution in [2.75, 3.05) is 5.32 Å². The summed E-state index contributed by atoms with van der Waals surface area (Å²) in [5, 5.41) is 2.37. The number of aliphatic imine (C=N–C) groups is 1. The summed E-state index contributed by atoms with van der Waals surface area (Å²) >= 11 is 0. The molecule has 3 N–H and O–H groups in total. The van der Waals surface area contributed by atoms with E-state index in [0.717, 1.165) is 50.4 Å². The minimum Gasteiger partial charge on any atom is -0.385 e. The summed E-state index contributed by atoms with van der Waals surface area (Å²) in [5.74, 6) is -6.86. The van der Waals surface area contributed by atoms with Crippen LogP contribution in [0.2, 0.25) is 0 Å². The Morgan fingerprint density at radius 3 is 2.45 bits per heavy atom. The van der Waals surface area contributed by atoms with Gasteiger partial charge >= 0.3 is 0 Å². The van der Waals surface area contributed by atoms with Crippen LogP contribution in [0.5, 0.6) is 0 Å². The molecule has 0 aliphatic carbocycles. The van der Waals surface area contributed by atoms with Gasteiger partial charge in [0, 0.05) is 11.3 Å². The lowest BCUT2D eigenvalue weighted by Crippen LogP contribution is -2.56. The average Bonchev–Trinajstić information content (AvgIpc) is 2.61. The van der Waals surface area contributed by atoms with E-state index in [1.807, 2.05) is 0 Å². The van der Waals surface area contributed by atoms with E-state index in [2.05, 4.69) is 15.3 Å². The summed E-state index contributed by atoms with van der Waals surface area (Å²) in [4.78, 5) is 19.4. The SMILES string of the molecule is C[C@]1(F)CC(F)(F)[C@@](C)(c2cc(NC(=O)c3ccc(F)cn3)ccc2F)N=C1N. The highest BCUT2D eigenvalue weighted by atomic mass is 19.3. The first-order valence-corrected chi connectivity index (χ1v) is 8.51. The maximum Gasteiger partial charge on any atom is 0.280 e. The molecule has 2 heterocycles. The molecule has 154 valence electrons. The number of carbonyl (C=O) groups is 1. The molecule has 0 radical (unpaired) electrons. The molecule has 0 spiro atoms. The summed E-state index contributed by atoms with van der Waals surface area (Å²) in [5.41, 5.74) is -0.244. The van der Waals surface area contributed by atoms with E-state index < -0.39 is 52.5 Å². The van der Waals surface area contributed by atoms with E-state index in [1.54, 1.807) is 0 Å². The van der Waals surface area contributed by atoms with Crippen molar-refractivity contribution in [3.8, 4) is 0 Å². The number of rotatable bonds is 3. The summed E-state index contributed by atoms with van der Waals surface area (Å²) < 4.78 is 71.2. The second-order valence-corrected chi connectivity index (χ2v) is 7.16. The Kier molecular flexibility index (Phi) is 4.84. The van der Waals surface area contributed by atoms with Crippen LogP contribution >= 0.6 is 0 Å². The van der Waals surface area contributed by atoms with Crippen LogP contribution in [0.4, 0.5) is 27.6 Å². The third-order valence-electron chi connectivity index (χ3n) is 4.85. The normalized spacial score (nSPS) is 26.0. The number of hydrogen-bond acceptors (Lipinski definition) is 4. The van der Waals surface area contributed by atoms with E-state index in [-0.39, 0.29) is 11.4 Å². The van der Waals surface area contributed by atoms with E-state index in [0.29, 0.717) is 0 Å². The van der Waals surface area contributed by atoms with Gasteiger partial charge in [0.25, 0.3) is 11.8 Å². The fourth-order valence-corrected chi connectivity index (χ4v) is 3.06. The standard InChI is InChI=1S/C19H17F5N4O/c1-17(22)9-19(23,24)18(2,28-16(17)25)12-7-11(4-5-13(12)21)27-15(29)14-6-3-10(20)8-26-14/h3-8H,9H2,1-2H3,(H2,25,28)(H,27,29)/t17-,18+/m0/s1. The number of nitrogens with two attached hydrogens (primary N) is 1. The van der Waals surface area contributed by atoms with Gasteiger partial charge in [0.05, 0.1) is 12.6 Å². The van der Waals surface area contributed by atoms with Crippen LogP contribution in [0.1, 0.15) is 36.3 Å². The molecule has 2 atom stereocenters. The molecule has 0 fully saturated rings. The van der Waals surface area contributed by atoms with Gasteiger partial charge in [-0.2, -0.15) is 0 Å². The highest BCUT2D eigenvalue weighted by Gasteiger charge is 2.60. The number of hydrogen-bond donors (Lipinski definition) is 2. The van der Waals surface area contributed by atoms with Gasteiger partial charge < -0.3 is 11.1 Å². The number of nitrogens with one attached hydrogen (secondary N) is 1. The topological polar surface area (TPSA) is 80.4 Å². The first-order valence-electron chi connectivity index (χ1n) is 8.51. The molecule has 0 saturated carbocycles. The van der Waals surface area contributed by atoms with E-state index in [4.69, 9.17) is 5.73 Å². The first kappa shape index (κ1) is 20.7. The number of benzene rings is 1. The molecule has 1 aliphatic heterocycles. The number of halogens is 5. The van der Waals surface area contributed by atoms with Crippen molar-refractivity contribution in [1.82, 2.24) is 4.98 Å². The van der Waals surface area contributed by atoms with Crippen molar-refractivity contribution in [1.29, 1.82) is 0 Å². The molecule has 2 aromatic rings. The van der Waals surface area contributed by atoms with Gasteiger partial charge in [-0.3, -0.25) is 9.79 Å². The van der Waals surface area contributed by atoms with Crippen LogP contribution in [-0.2, 0) is 5.54 Å². The quantitative estimate of drug-likeness (QED) is 0.750. The highest BCUT2D eigenvalue weighted by molar-refractivity contribution is 6.02. The smallest absolute Gasteiger partial charge is 0.280 e. The molecular formula is C19H17F5N4O. The van der Waals surface area contributed by atoms with Gasteiger partial charge in [-0.1, -0.05) is 0 Å². The number of amides is 1. The Labute approximate surface area is 162 Å². The van der Waals surface area contributed by atoms with E-state index >= 15 is 0 Å². The molecule has 1 amide bonds. The number of anilines is 1. The fourth-order valence-electron chi connectivity index (χ4n) is 3.06. The van der Waals surface area contributed by atoms with Crippen molar-refractivity contribution in [3.63, 3.8) is 0 Å². The molecule has 3 rings (SSSR count). The number of carbonyl (C=O) groups excluding carboxylic acids is 1. The monoisotopic (exact) mass is 412 g/mol. The second-order valence-electron chi connectivity index (χ2n) is 7.16.